The van der Waals surface area contributed by atoms with Gasteiger partial charge >= 0.3 is 0 Å². The molecule has 8 nitrogen and oxygen atoms in total. The van der Waals surface area contributed by atoms with Gasteiger partial charge in [-0.15, -0.1) is 10.2 Å². The number of aromatic nitrogens is 3. The van der Waals surface area contributed by atoms with Crippen molar-refractivity contribution in [3.63, 3.8) is 0 Å². The number of carbonyl (C=O) groups excluding carboxylic acids is 1. The number of halogens is 1. The Morgan fingerprint density at radius 1 is 1.09 bits per heavy atom. The van der Waals surface area contributed by atoms with Gasteiger partial charge in [0.05, 0.1) is 24.1 Å². The summed E-state index contributed by atoms with van der Waals surface area (Å²) in [5.74, 6) is 0.893. The summed E-state index contributed by atoms with van der Waals surface area (Å²) in [6.07, 6.45) is 2.06. The van der Waals surface area contributed by atoms with E-state index < -0.39 is 0 Å². The van der Waals surface area contributed by atoms with Crippen molar-refractivity contribution in [1.29, 1.82) is 0 Å². The van der Waals surface area contributed by atoms with Crippen molar-refractivity contribution in [2.75, 3.05) is 43.4 Å². The first kappa shape index (κ1) is 23.6. The van der Waals surface area contributed by atoms with Crippen LogP contribution in [0.15, 0.2) is 53.7 Å². The lowest BCUT2D eigenvalue weighted by Gasteiger charge is -2.36. The van der Waals surface area contributed by atoms with Crippen LogP contribution in [0.25, 0.3) is 11.4 Å². The fraction of sp³-hybridized carbons (Fsp3) is 0.400. The number of thioether (sulfide) groups is 1. The molecule has 0 aliphatic carbocycles. The van der Waals surface area contributed by atoms with Crippen LogP contribution >= 0.6 is 11.8 Å². The van der Waals surface area contributed by atoms with Crippen LogP contribution in [-0.4, -0.2) is 75.3 Å². The van der Waals surface area contributed by atoms with Crippen molar-refractivity contribution >= 4 is 23.4 Å². The van der Waals surface area contributed by atoms with Crippen LogP contribution in [0.3, 0.4) is 0 Å². The van der Waals surface area contributed by atoms with E-state index in [0.717, 1.165) is 30.7 Å². The molecule has 10 heteroatoms. The Bertz CT molecular complexity index is 1160. The number of rotatable bonds is 7. The maximum Gasteiger partial charge on any atom is 0.233 e. The molecule has 5 rings (SSSR count). The van der Waals surface area contributed by atoms with E-state index in [2.05, 4.69) is 15.1 Å². The van der Waals surface area contributed by atoms with Crippen LogP contribution < -0.4 is 4.90 Å². The van der Waals surface area contributed by atoms with Gasteiger partial charge in [0.2, 0.25) is 5.91 Å². The molecular weight excluding hydrogens is 469 g/mol. The fourth-order valence-electron chi connectivity index (χ4n) is 4.51. The molecule has 2 aliphatic heterocycles. The zero-order chi connectivity index (χ0) is 24.2. The lowest BCUT2D eigenvalue weighted by molar-refractivity contribution is -0.128. The van der Waals surface area contributed by atoms with Crippen LogP contribution in [0, 0.1) is 5.82 Å². The quantitative estimate of drug-likeness (QED) is 0.501. The first-order chi connectivity index (χ1) is 17.1. The molecule has 184 valence electrons. The Kier molecular flexibility index (Phi) is 7.19. The predicted octanol–water partition coefficient (Wildman–Crippen LogP) is 3.41. The van der Waals surface area contributed by atoms with E-state index in [9.17, 15) is 14.3 Å². The highest BCUT2D eigenvalue weighted by atomic mass is 32.2. The van der Waals surface area contributed by atoms with Gasteiger partial charge < -0.3 is 19.6 Å². The highest BCUT2D eigenvalue weighted by Gasteiger charge is 2.25. The van der Waals surface area contributed by atoms with Gasteiger partial charge in [0.1, 0.15) is 11.6 Å². The molecule has 35 heavy (non-hydrogen) atoms. The molecule has 0 saturated carbocycles. The number of carbonyl (C=O) groups is 1. The topological polar surface area (TPSA) is 83.7 Å². The molecule has 0 spiro atoms. The normalized spacial score (nSPS) is 18.3. The van der Waals surface area contributed by atoms with Crippen LogP contribution in [0.1, 0.15) is 12.8 Å². The molecule has 2 aromatic carbocycles. The number of phenols is 1. The third-order valence-corrected chi connectivity index (χ3v) is 7.36. The summed E-state index contributed by atoms with van der Waals surface area (Å²) < 4.78 is 21.2. The van der Waals surface area contributed by atoms with Gasteiger partial charge in [-0.2, -0.15) is 0 Å². The second-order valence-electron chi connectivity index (χ2n) is 8.70. The van der Waals surface area contributed by atoms with Crippen molar-refractivity contribution in [1.82, 2.24) is 19.7 Å². The Morgan fingerprint density at radius 3 is 2.57 bits per heavy atom. The van der Waals surface area contributed by atoms with Crippen LogP contribution in [0.4, 0.5) is 10.1 Å². The molecule has 2 aliphatic rings. The number of amides is 1. The summed E-state index contributed by atoms with van der Waals surface area (Å²) in [4.78, 5) is 16.9. The number of ether oxygens (including phenoxy) is 1. The number of phenolic OH excluding ortho intramolecular Hbond substituents is 1. The van der Waals surface area contributed by atoms with Crippen LogP contribution in [0.2, 0.25) is 0 Å². The van der Waals surface area contributed by atoms with Gasteiger partial charge in [-0.05, 0) is 49.2 Å². The number of aromatic hydroxyl groups is 1. The Morgan fingerprint density at radius 2 is 1.86 bits per heavy atom. The summed E-state index contributed by atoms with van der Waals surface area (Å²) >= 11 is 1.37. The van der Waals surface area contributed by atoms with Gasteiger partial charge in [0.15, 0.2) is 11.0 Å². The highest BCUT2D eigenvalue weighted by Crippen LogP contribution is 2.29. The maximum absolute atomic E-state index is 13.4. The van der Waals surface area contributed by atoms with E-state index in [1.165, 1.54) is 23.9 Å². The standard InChI is InChI=1S/C25H28FN5O3S/c26-19-9-7-18(8-10-19)24-27-28-25(31(24)16-20-4-3-15-34-20)35-17-23(33)30-13-11-29(12-14-30)21-5-1-2-6-22(21)32/h1-2,5-10,20,32H,3-4,11-17H2/t20-/m1/s1. The monoisotopic (exact) mass is 497 g/mol. The summed E-state index contributed by atoms with van der Waals surface area (Å²) in [5, 5.41) is 19.5. The van der Waals surface area contributed by atoms with Gasteiger partial charge in [0.25, 0.3) is 0 Å². The minimum atomic E-state index is -0.304. The molecule has 3 heterocycles. The number of piperazine rings is 1. The Hall–Kier alpha value is -3.11. The van der Waals surface area contributed by atoms with E-state index in [-0.39, 0.29) is 29.3 Å². The summed E-state index contributed by atoms with van der Waals surface area (Å²) in [5.41, 5.74) is 1.57. The van der Waals surface area contributed by atoms with Crippen molar-refractivity contribution < 1.29 is 19.0 Å². The van der Waals surface area contributed by atoms with E-state index in [4.69, 9.17) is 4.74 Å². The molecular formula is C25H28FN5O3S. The number of hydrogen-bond donors (Lipinski definition) is 1. The molecule has 2 saturated heterocycles. The predicted molar refractivity (Wildman–Crippen MR) is 132 cm³/mol. The van der Waals surface area contributed by atoms with Gasteiger partial charge in [-0.25, -0.2) is 4.39 Å². The van der Waals surface area contributed by atoms with Crippen molar-refractivity contribution in [3.8, 4) is 17.1 Å². The molecule has 1 atom stereocenters. The number of nitrogens with zero attached hydrogens (tertiary/aromatic N) is 5. The van der Waals surface area contributed by atoms with Crippen molar-refractivity contribution in [3.05, 3.63) is 54.3 Å². The molecule has 0 unspecified atom stereocenters. The number of anilines is 1. The third-order valence-electron chi connectivity index (χ3n) is 6.41. The maximum atomic E-state index is 13.4. The second kappa shape index (κ2) is 10.7. The highest BCUT2D eigenvalue weighted by molar-refractivity contribution is 7.99. The summed E-state index contributed by atoms with van der Waals surface area (Å²) in [6, 6.07) is 13.5. The van der Waals surface area contributed by atoms with Crippen LogP contribution in [-0.2, 0) is 16.1 Å². The smallest absolute Gasteiger partial charge is 0.233 e. The molecule has 0 radical (unpaired) electrons. The molecule has 0 bridgehead atoms. The van der Waals surface area contributed by atoms with E-state index in [0.29, 0.717) is 43.7 Å². The lowest BCUT2D eigenvalue weighted by Crippen LogP contribution is -2.49. The van der Waals surface area contributed by atoms with Crippen LogP contribution in [0.5, 0.6) is 5.75 Å². The molecule has 1 aromatic heterocycles. The lowest BCUT2D eigenvalue weighted by atomic mass is 10.2. The third kappa shape index (κ3) is 5.43. The average Bonchev–Trinajstić information content (AvgIpc) is 3.54. The fourth-order valence-corrected chi connectivity index (χ4v) is 5.36. The van der Waals surface area contributed by atoms with Crippen molar-refractivity contribution in [2.24, 2.45) is 0 Å². The van der Waals surface area contributed by atoms with E-state index in [1.54, 1.807) is 24.3 Å². The number of hydrogen-bond acceptors (Lipinski definition) is 7. The molecule has 1 N–H and O–H groups in total. The first-order valence-electron chi connectivity index (χ1n) is 11.8. The van der Waals surface area contributed by atoms with E-state index in [1.807, 2.05) is 21.6 Å². The zero-order valence-corrected chi connectivity index (χ0v) is 20.2. The summed E-state index contributed by atoms with van der Waals surface area (Å²) in [6.45, 7) is 3.85. The Balaban J connectivity index is 1.24. The molecule has 1 amide bonds. The average molecular weight is 498 g/mol. The molecule has 2 fully saturated rings. The largest absolute Gasteiger partial charge is 0.506 e. The first-order valence-corrected chi connectivity index (χ1v) is 12.8. The minimum Gasteiger partial charge on any atom is -0.506 e. The minimum absolute atomic E-state index is 0.0435. The number of para-hydroxylation sites is 2. The van der Waals surface area contributed by atoms with Crippen molar-refractivity contribution in [2.45, 2.75) is 30.6 Å². The SMILES string of the molecule is O=C(CSc1nnc(-c2ccc(F)cc2)n1C[C@H]1CCCO1)N1CCN(c2ccccc2O)CC1. The Labute approximate surface area is 207 Å². The van der Waals surface area contributed by atoms with E-state index >= 15 is 0 Å². The summed E-state index contributed by atoms with van der Waals surface area (Å²) in [7, 11) is 0. The second-order valence-corrected chi connectivity index (χ2v) is 9.65. The van der Waals surface area contributed by atoms with Gasteiger partial charge in [0, 0.05) is 38.3 Å². The van der Waals surface area contributed by atoms with Gasteiger partial charge in [-0.1, -0.05) is 23.9 Å². The number of benzene rings is 2. The van der Waals surface area contributed by atoms with Gasteiger partial charge in [-0.3, -0.25) is 9.36 Å². The molecule has 3 aromatic rings. The zero-order valence-electron chi connectivity index (χ0n) is 19.3.